The second-order valence-corrected chi connectivity index (χ2v) is 5.95. The number of urea groups is 1. The number of nitrogens with one attached hydrogen (secondary N) is 2. The van der Waals surface area contributed by atoms with E-state index in [0.717, 1.165) is 5.69 Å². The van der Waals surface area contributed by atoms with Crippen LogP contribution < -0.4 is 10.6 Å². The highest BCUT2D eigenvalue weighted by Crippen LogP contribution is 2.36. The normalized spacial score (nSPS) is 15.6. The van der Waals surface area contributed by atoms with E-state index in [0.29, 0.717) is 24.6 Å². The third-order valence-corrected chi connectivity index (χ3v) is 4.56. The third-order valence-electron chi connectivity index (χ3n) is 4.56. The summed E-state index contributed by atoms with van der Waals surface area (Å²) >= 11 is 0. The van der Waals surface area contributed by atoms with Crippen LogP contribution in [0.25, 0.3) is 0 Å². The molecule has 1 aliphatic rings. The van der Waals surface area contributed by atoms with Crippen LogP contribution >= 0.6 is 0 Å². The first-order valence-electron chi connectivity index (χ1n) is 7.78. The predicted molar refractivity (Wildman–Crippen MR) is 82.4 cm³/mol. The lowest BCUT2D eigenvalue weighted by Crippen LogP contribution is -2.43. The van der Waals surface area contributed by atoms with Crippen LogP contribution in [0.2, 0.25) is 0 Å². The van der Waals surface area contributed by atoms with Crippen molar-refractivity contribution in [3.05, 3.63) is 11.8 Å². The number of nitrogens with zero attached hydrogens (tertiary/aromatic N) is 2. The molecule has 1 aromatic heterocycles. The zero-order chi connectivity index (χ0) is 15.5. The summed E-state index contributed by atoms with van der Waals surface area (Å²) in [5.74, 6) is 1.23. The molecule has 0 spiro atoms. The summed E-state index contributed by atoms with van der Waals surface area (Å²) in [5, 5.41) is 20.1. The van der Waals surface area contributed by atoms with Gasteiger partial charge in [-0.15, -0.1) is 0 Å². The molecule has 6 heteroatoms. The molecule has 0 atom stereocenters. The van der Waals surface area contributed by atoms with Crippen molar-refractivity contribution in [3.63, 3.8) is 0 Å². The lowest BCUT2D eigenvalue weighted by atomic mass is 9.83. The standard InChI is InChI=1S/C15H26N4O2/c1-4-15(21,5-2)10-16-14(20)17-13-9-12(18-19(13)3)11-7-6-8-11/h9,11,21H,4-8,10H2,1-3H3,(H2,16,17,20). The number of aromatic nitrogens is 2. The maximum absolute atomic E-state index is 11.9. The van der Waals surface area contributed by atoms with Gasteiger partial charge in [0.05, 0.1) is 11.3 Å². The molecule has 21 heavy (non-hydrogen) atoms. The van der Waals surface area contributed by atoms with E-state index in [4.69, 9.17) is 0 Å². The Kier molecular flexibility index (Phi) is 4.88. The minimum Gasteiger partial charge on any atom is -0.388 e. The fourth-order valence-corrected chi connectivity index (χ4v) is 2.42. The van der Waals surface area contributed by atoms with Crippen LogP contribution in [0.1, 0.15) is 57.6 Å². The molecule has 2 rings (SSSR count). The molecular formula is C15H26N4O2. The summed E-state index contributed by atoms with van der Waals surface area (Å²) in [6, 6.07) is 1.63. The summed E-state index contributed by atoms with van der Waals surface area (Å²) in [6.07, 6.45) is 4.85. The molecule has 1 aliphatic carbocycles. The molecule has 1 heterocycles. The monoisotopic (exact) mass is 294 g/mol. The van der Waals surface area contributed by atoms with Crippen LogP contribution in [0.5, 0.6) is 0 Å². The first-order valence-corrected chi connectivity index (χ1v) is 7.78. The van der Waals surface area contributed by atoms with Crippen LogP contribution in [0.15, 0.2) is 6.07 Å². The molecule has 0 bridgehead atoms. The number of aryl methyl sites for hydroxylation is 1. The number of rotatable bonds is 6. The van der Waals surface area contributed by atoms with Crippen LogP contribution in [-0.4, -0.2) is 33.1 Å². The number of aliphatic hydroxyl groups is 1. The molecule has 1 saturated carbocycles. The Morgan fingerprint density at radius 1 is 1.48 bits per heavy atom. The highest BCUT2D eigenvalue weighted by molar-refractivity contribution is 5.88. The molecule has 0 unspecified atom stereocenters. The summed E-state index contributed by atoms with van der Waals surface area (Å²) in [5.41, 5.74) is 0.221. The smallest absolute Gasteiger partial charge is 0.320 e. The van der Waals surface area contributed by atoms with Gasteiger partial charge in [-0.1, -0.05) is 20.3 Å². The molecule has 0 radical (unpaired) electrons. The zero-order valence-electron chi connectivity index (χ0n) is 13.1. The second kappa shape index (κ2) is 6.47. The Hall–Kier alpha value is -1.56. The third kappa shape index (κ3) is 3.75. The van der Waals surface area contributed by atoms with E-state index < -0.39 is 5.60 Å². The van der Waals surface area contributed by atoms with E-state index in [9.17, 15) is 9.90 Å². The first kappa shape index (κ1) is 15.8. The maximum Gasteiger partial charge on any atom is 0.320 e. The van der Waals surface area contributed by atoms with Crippen molar-refractivity contribution in [1.82, 2.24) is 15.1 Å². The van der Waals surface area contributed by atoms with Gasteiger partial charge in [0, 0.05) is 25.6 Å². The molecule has 0 saturated heterocycles. The number of hydrogen-bond donors (Lipinski definition) is 3. The van der Waals surface area contributed by atoms with Crippen molar-refractivity contribution < 1.29 is 9.90 Å². The summed E-state index contributed by atoms with van der Waals surface area (Å²) < 4.78 is 1.69. The van der Waals surface area contributed by atoms with Gasteiger partial charge >= 0.3 is 6.03 Å². The molecule has 2 amide bonds. The maximum atomic E-state index is 11.9. The Morgan fingerprint density at radius 2 is 2.14 bits per heavy atom. The lowest BCUT2D eigenvalue weighted by Gasteiger charge is -2.25. The number of amides is 2. The topological polar surface area (TPSA) is 79.2 Å². The van der Waals surface area contributed by atoms with Crippen molar-refractivity contribution in [2.75, 3.05) is 11.9 Å². The van der Waals surface area contributed by atoms with Gasteiger partial charge in [-0.2, -0.15) is 5.10 Å². The van der Waals surface area contributed by atoms with E-state index in [1.54, 1.807) is 4.68 Å². The average Bonchev–Trinajstić information content (AvgIpc) is 2.75. The van der Waals surface area contributed by atoms with E-state index in [-0.39, 0.29) is 12.6 Å². The zero-order valence-corrected chi connectivity index (χ0v) is 13.1. The SMILES string of the molecule is CCC(O)(CC)CNC(=O)Nc1cc(C2CCC2)nn1C. The molecule has 3 N–H and O–H groups in total. The van der Waals surface area contributed by atoms with Crippen molar-refractivity contribution in [3.8, 4) is 0 Å². The first-order chi connectivity index (χ1) is 9.97. The highest BCUT2D eigenvalue weighted by Gasteiger charge is 2.24. The van der Waals surface area contributed by atoms with E-state index in [2.05, 4.69) is 15.7 Å². The minimum absolute atomic E-state index is 0.249. The van der Waals surface area contributed by atoms with Crippen LogP contribution in [0.4, 0.5) is 10.6 Å². The van der Waals surface area contributed by atoms with Gasteiger partial charge in [-0.25, -0.2) is 4.79 Å². The van der Waals surface area contributed by atoms with Gasteiger partial charge in [-0.05, 0) is 25.7 Å². The van der Waals surface area contributed by atoms with Crippen molar-refractivity contribution in [2.45, 2.75) is 57.5 Å². The van der Waals surface area contributed by atoms with Gasteiger partial charge in [-0.3, -0.25) is 10.00 Å². The van der Waals surface area contributed by atoms with Gasteiger partial charge in [0.2, 0.25) is 0 Å². The predicted octanol–water partition coefficient (Wildman–Crippen LogP) is 2.36. The molecule has 1 aromatic rings. The Bertz CT molecular complexity index is 490. The highest BCUT2D eigenvalue weighted by atomic mass is 16.3. The molecule has 0 aromatic carbocycles. The van der Waals surface area contributed by atoms with Crippen molar-refractivity contribution in [2.24, 2.45) is 7.05 Å². The summed E-state index contributed by atoms with van der Waals surface area (Å²) in [7, 11) is 1.83. The van der Waals surface area contributed by atoms with E-state index in [1.807, 2.05) is 27.0 Å². The Balaban J connectivity index is 1.89. The number of hydrogen-bond acceptors (Lipinski definition) is 3. The minimum atomic E-state index is -0.832. The number of carbonyl (C=O) groups excluding carboxylic acids is 1. The van der Waals surface area contributed by atoms with E-state index >= 15 is 0 Å². The molecular weight excluding hydrogens is 268 g/mol. The van der Waals surface area contributed by atoms with Crippen LogP contribution in [0.3, 0.4) is 0 Å². The molecule has 0 aliphatic heterocycles. The largest absolute Gasteiger partial charge is 0.388 e. The molecule has 6 nitrogen and oxygen atoms in total. The molecule has 118 valence electrons. The Labute approximate surface area is 125 Å². The van der Waals surface area contributed by atoms with Crippen LogP contribution in [0, 0.1) is 0 Å². The average molecular weight is 294 g/mol. The fourth-order valence-electron chi connectivity index (χ4n) is 2.42. The fraction of sp³-hybridized carbons (Fsp3) is 0.733. The van der Waals surface area contributed by atoms with E-state index in [1.165, 1.54) is 19.3 Å². The second-order valence-electron chi connectivity index (χ2n) is 5.95. The summed E-state index contributed by atoms with van der Waals surface area (Å²) in [4.78, 5) is 11.9. The summed E-state index contributed by atoms with van der Waals surface area (Å²) in [6.45, 7) is 4.07. The quantitative estimate of drug-likeness (QED) is 0.753. The number of carbonyl (C=O) groups is 1. The van der Waals surface area contributed by atoms with Crippen LogP contribution in [-0.2, 0) is 7.05 Å². The van der Waals surface area contributed by atoms with Crippen molar-refractivity contribution in [1.29, 1.82) is 0 Å². The van der Waals surface area contributed by atoms with Gasteiger partial charge < -0.3 is 10.4 Å². The number of anilines is 1. The van der Waals surface area contributed by atoms with Gasteiger partial charge in [0.1, 0.15) is 5.82 Å². The lowest BCUT2D eigenvalue weighted by molar-refractivity contribution is 0.0354. The molecule has 1 fully saturated rings. The van der Waals surface area contributed by atoms with Gasteiger partial charge in [0.15, 0.2) is 0 Å². The Morgan fingerprint density at radius 3 is 2.67 bits per heavy atom. The van der Waals surface area contributed by atoms with Crippen molar-refractivity contribution >= 4 is 11.8 Å². The van der Waals surface area contributed by atoms with Gasteiger partial charge in [0.25, 0.3) is 0 Å².